The summed E-state index contributed by atoms with van der Waals surface area (Å²) < 4.78 is 26.6. The molecule has 1 aliphatic rings. The molecule has 1 fully saturated rings. The van der Waals surface area contributed by atoms with Crippen molar-refractivity contribution < 1.29 is 12.8 Å². The van der Waals surface area contributed by atoms with Crippen molar-refractivity contribution in [3.63, 3.8) is 0 Å². The lowest BCUT2D eigenvalue weighted by atomic mass is 10.3. The van der Waals surface area contributed by atoms with Gasteiger partial charge < -0.3 is 0 Å². The van der Waals surface area contributed by atoms with E-state index in [0.717, 1.165) is 0 Å². The predicted octanol–water partition coefficient (Wildman–Crippen LogP) is 0.408. The van der Waals surface area contributed by atoms with Crippen molar-refractivity contribution in [2.24, 2.45) is 0 Å². The molecule has 1 heterocycles. The summed E-state index contributed by atoms with van der Waals surface area (Å²) in [5.41, 5.74) is 0. The Hall–Kier alpha value is 0.0400. The van der Waals surface area contributed by atoms with E-state index in [2.05, 4.69) is 4.18 Å². The average Bonchev–Trinajstić information content (AvgIpc) is 2.14. The van der Waals surface area contributed by atoms with Crippen LogP contribution in [0.25, 0.3) is 0 Å². The number of hydrogen-bond acceptors (Lipinski definition) is 2. The fourth-order valence-electron chi connectivity index (χ4n) is 0.579. The molecule has 0 aromatic heterocycles. The molecule has 0 spiro atoms. The molecular formula is C4H7FO2S. The maximum atomic E-state index is 11.6. The molecule has 2 unspecified atom stereocenters. The lowest BCUT2D eigenvalue weighted by molar-refractivity contribution is 0.202. The fraction of sp³-hybridized carbons (Fsp3) is 1.00. The highest BCUT2D eigenvalue weighted by molar-refractivity contribution is 7.80. The maximum Gasteiger partial charge on any atom is 0.155 e. The van der Waals surface area contributed by atoms with Crippen LogP contribution >= 0.6 is 0 Å². The normalized spacial score (nSPS) is 38.1. The van der Waals surface area contributed by atoms with Crippen molar-refractivity contribution >= 4 is 11.1 Å². The van der Waals surface area contributed by atoms with Gasteiger partial charge in [0.1, 0.15) is 12.8 Å². The van der Waals surface area contributed by atoms with E-state index in [1.54, 1.807) is 0 Å². The van der Waals surface area contributed by atoms with E-state index < -0.39 is 23.9 Å². The van der Waals surface area contributed by atoms with Crippen LogP contribution in [0.2, 0.25) is 0 Å². The highest BCUT2D eigenvalue weighted by atomic mass is 32.2. The molecule has 1 rings (SSSR count). The Morgan fingerprint density at radius 3 is 2.88 bits per heavy atom. The Morgan fingerprint density at radius 2 is 2.62 bits per heavy atom. The van der Waals surface area contributed by atoms with E-state index in [4.69, 9.17) is 0 Å². The Kier molecular flexibility index (Phi) is 1.96. The van der Waals surface area contributed by atoms with Crippen molar-refractivity contribution in [2.45, 2.75) is 12.5 Å². The van der Waals surface area contributed by atoms with Crippen molar-refractivity contribution in [1.29, 1.82) is 0 Å². The summed E-state index contributed by atoms with van der Waals surface area (Å²) in [6.45, 7) is -0.508. The Bertz CT molecular complexity index is 106. The summed E-state index contributed by atoms with van der Waals surface area (Å²) in [6.07, 6.45) is 0.208. The monoisotopic (exact) mass is 138 g/mol. The standard InChI is InChI=1S/C4H7FO2S/c5-3-4-1-2-8(6)7-4/h4H,1-3H2. The van der Waals surface area contributed by atoms with Gasteiger partial charge in [0.2, 0.25) is 0 Å². The third-order valence-corrected chi connectivity index (χ3v) is 2.08. The molecule has 0 bridgehead atoms. The smallest absolute Gasteiger partial charge is 0.155 e. The molecule has 2 atom stereocenters. The topological polar surface area (TPSA) is 26.3 Å². The van der Waals surface area contributed by atoms with E-state index in [1.807, 2.05) is 0 Å². The Labute approximate surface area is 49.7 Å². The Balaban J connectivity index is 2.32. The fourth-order valence-corrected chi connectivity index (χ4v) is 1.58. The molecular weight excluding hydrogens is 131 g/mol. The van der Waals surface area contributed by atoms with Crippen molar-refractivity contribution in [1.82, 2.24) is 0 Å². The Morgan fingerprint density at radius 1 is 1.88 bits per heavy atom. The van der Waals surface area contributed by atoms with Crippen LogP contribution < -0.4 is 0 Å². The minimum Gasteiger partial charge on any atom is -0.284 e. The van der Waals surface area contributed by atoms with E-state index in [-0.39, 0.29) is 0 Å². The zero-order chi connectivity index (χ0) is 5.98. The average molecular weight is 138 g/mol. The SMILES string of the molecule is O=S1CCC(CF)O1. The summed E-state index contributed by atoms with van der Waals surface area (Å²) >= 11 is -1.19. The van der Waals surface area contributed by atoms with Crippen molar-refractivity contribution in [2.75, 3.05) is 12.4 Å². The van der Waals surface area contributed by atoms with Crippen LogP contribution in [0.1, 0.15) is 6.42 Å². The largest absolute Gasteiger partial charge is 0.284 e. The number of halogens is 1. The molecule has 48 valence electrons. The van der Waals surface area contributed by atoms with Gasteiger partial charge in [0.25, 0.3) is 0 Å². The molecule has 0 saturated carbocycles. The van der Waals surface area contributed by atoms with Gasteiger partial charge in [-0.15, -0.1) is 0 Å². The van der Waals surface area contributed by atoms with E-state index >= 15 is 0 Å². The summed E-state index contributed by atoms with van der Waals surface area (Å²) in [4.78, 5) is 0. The van der Waals surface area contributed by atoms with Gasteiger partial charge in [0, 0.05) is 0 Å². The third-order valence-electron chi connectivity index (χ3n) is 1.02. The zero-order valence-electron chi connectivity index (χ0n) is 4.30. The van der Waals surface area contributed by atoms with Gasteiger partial charge in [0.05, 0.1) is 5.75 Å². The minimum absolute atomic E-state index is 0.393. The summed E-state index contributed by atoms with van der Waals surface area (Å²) in [7, 11) is 0. The van der Waals surface area contributed by atoms with Crippen LogP contribution in [0.15, 0.2) is 0 Å². The summed E-state index contributed by atoms with van der Waals surface area (Å²) in [6, 6.07) is 0. The van der Waals surface area contributed by atoms with Crippen LogP contribution in [-0.4, -0.2) is 22.7 Å². The molecule has 1 aliphatic heterocycles. The van der Waals surface area contributed by atoms with E-state index in [0.29, 0.717) is 12.2 Å². The molecule has 1 saturated heterocycles. The molecule has 4 heteroatoms. The molecule has 0 aromatic rings. The lowest BCUT2D eigenvalue weighted by Crippen LogP contribution is -2.06. The highest BCUT2D eigenvalue weighted by Gasteiger charge is 2.21. The van der Waals surface area contributed by atoms with Gasteiger partial charge in [-0.05, 0) is 6.42 Å². The molecule has 0 N–H and O–H groups in total. The van der Waals surface area contributed by atoms with Crippen LogP contribution in [0, 0.1) is 0 Å². The van der Waals surface area contributed by atoms with Gasteiger partial charge in [0.15, 0.2) is 11.1 Å². The second kappa shape index (κ2) is 2.55. The zero-order valence-corrected chi connectivity index (χ0v) is 5.12. The predicted molar refractivity (Wildman–Crippen MR) is 28.5 cm³/mol. The molecule has 0 amide bonds. The first-order valence-corrected chi connectivity index (χ1v) is 3.69. The van der Waals surface area contributed by atoms with Crippen LogP contribution in [0.3, 0.4) is 0 Å². The van der Waals surface area contributed by atoms with Crippen LogP contribution in [0.4, 0.5) is 4.39 Å². The first-order chi connectivity index (χ1) is 3.83. The van der Waals surface area contributed by atoms with E-state index in [9.17, 15) is 8.60 Å². The van der Waals surface area contributed by atoms with Crippen LogP contribution in [0.5, 0.6) is 0 Å². The van der Waals surface area contributed by atoms with Crippen LogP contribution in [-0.2, 0) is 15.3 Å². The highest BCUT2D eigenvalue weighted by Crippen LogP contribution is 2.11. The quantitative estimate of drug-likeness (QED) is 0.524. The van der Waals surface area contributed by atoms with Crippen molar-refractivity contribution in [3.05, 3.63) is 0 Å². The number of alkyl halides is 1. The first-order valence-electron chi connectivity index (χ1n) is 2.44. The molecule has 8 heavy (non-hydrogen) atoms. The van der Waals surface area contributed by atoms with Gasteiger partial charge >= 0.3 is 0 Å². The second-order valence-corrected chi connectivity index (χ2v) is 2.88. The van der Waals surface area contributed by atoms with Crippen molar-refractivity contribution in [3.8, 4) is 0 Å². The number of rotatable bonds is 1. The molecule has 0 radical (unpaired) electrons. The van der Waals surface area contributed by atoms with Gasteiger partial charge in [-0.3, -0.25) is 4.18 Å². The number of hydrogen-bond donors (Lipinski definition) is 0. The molecule has 2 nitrogen and oxygen atoms in total. The maximum absolute atomic E-state index is 11.6. The van der Waals surface area contributed by atoms with Gasteiger partial charge in [-0.1, -0.05) is 0 Å². The summed E-state index contributed by atoms with van der Waals surface area (Å²) in [5.74, 6) is 0.495. The second-order valence-electron chi connectivity index (χ2n) is 1.67. The minimum atomic E-state index is -1.19. The van der Waals surface area contributed by atoms with Gasteiger partial charge in [-0.25, -0.2) is 8.60 Å². The third kappa shape index (κ3) is 1.26. The lowest BCUT2D eigenvalue weighted by Gasteiger charge is -1.96. The van der Waals surface area contributed by atoms with E-state index in [1.165, 1.54) is 0 Å². The molecule has 0 aromatic carbocycles. The summed E-state index contributed by atoms with van der Waals surface area (Å²) in [5, 5.41) is 0. The van der Waals surface area contributed by atoms with Gasteiger partial charge in [-0.2, -0.15) is 0 Å². The first kappa shape index (κ1) is 6.16. The molecule has 0 aliphatic carbocycles.